The molecule has 0 saturated heterocycles. The molecule has 0 atom stereocenters. The summed E-state index contributed by atoms with van der Waals surface area (Å²) < 4.78 is 30.1. The molecule has 0 saturated carbocycles. The van der Waals surface area contributed by atoms with E-state index in [-0.39, 0.29) is 11.4 Å². The van der Waals surface area contributed by atoms with Crippen LogP contribution in [-0.2, 0) is 23.1 Å². The molecular formula is C18H17Br2N3O2S. The number of nitrogens with zero attached hydrogens (tertiary/aromatic N) is 3. The van der Waals surface area contributed by atoms with E-state index in [1.807, 2.05) is 36.5 Å². The van der Waals surface area contributed by atoms with E-state index in [1.54, 1.807) is 36.1 Å². The highest BCUT2D eigenvalue weighted by Crippen LogP contribution is 2.28. The fourth-order valence-corrected chi connectivity index (χ4v) is 5.15. The van der Waals surface area contributed by atoms with E-state index in [4.69, 9.17) is 0 Å². The Bertz CT molecular complexity index is 1000. The molecule has 0 aliphatic carbocycles. The maximum Gasteiger partial charge on any atom is 0.244 e. The van der Waals surface area contributed by atoms with Crippen molar-refractivity contribution in [3.8, 4) is 0 Å². The van der Waals surface area contributed by atoms with Crippen molar-refractivity contribution < 1.29 is 8.42 Å². The van der Waals surface area contributed by atoms with Crippen LogP contribution in [0.15, 0.2) is 74.8 Å². The first kappa shape index (κ1) is 19.3. The van der Waals surface area contributed by atoms with E-state index < -0.39 is 10.0 Å². The second-order valence-corrected chi connectivity index (χ2v) is 9.65. The Kier molecular flexibility index (Phi) is 5.96. The third-order valence-corrected chi connectivity index (χ3v) is 7.15. The Morgan fingerprint density at radius 2 is 1.81 bits per heavy atom. The first-order valence-electron chi connectivity index (χ1n) is 7.83. The van der Waals surface area contributed by atoms with Gasteiger partial charge in [0, 0.05) is 34.3 Å². The molecule has 2 aromatic carbocycles. The minimum Gasteiger partial charge on any atom is -0.268 e. The summed E-state index contributed by atoms with van der Waals surface area (Å²) in [7, 11) is -2.05. The van der Waals surface area contributed by atoms with Crippen LogP contribution in [0.3, 0.4) is 0 Å². The molecule has 0 fully saturated rings. The molecule has 0 unspecified atom stereocenters. The van der Waals surface area contributed by atoms with Crippen LogP contribution in [0.25, 0.3) is 0 Å². The minimum absolute atomic E-state index is 0.228. The van der Waals surface area contributed by atoms with Gasteiger partial charge in [-0.3, -0.25) is 4.68 Å². The van der Waals surface area contributed by atoms with Gasteiger partial charge in [-0.05, 0) is 39.7 Å². The van der Waals surface area contributed by atoms with Crippen molar-refractivity contribution in [3.05, 3.63) is 81.0 Å². The molecule has 1 heterocycles. The van der Waals surface area contributed by atoms with Crippen LogP contribution in [0.4, 0.5) is 0 Å². The first-order valence-corrected chi connectivity index (χ1v) is 10.9. The highest BCUT2D eigenvalue weighted by molar-refractivity contribution is 9.11. The van der Waals surface area contributed by atoms with Crippen LogP contribution in [0.5, 0.6) is 0 Å². The number of hydrogen-bond donors (Lipinski definition) is 0. The first-order chi connectivity index (χ1) is 12.4. The highest BCUT2D eigenvalue weighted by atomic mass is 79.9. The third kappa shape index (κ3) is 4.43. The predicted molar refractivity (Wildman–Crippen MR) is 108 cm³/mol. The third-order valence-electron chi connectivity index (χ3n) is 3.86. The topological polar surface area (TPSA) is 55.2 Å². The molecule has 3 rings (SSSR count). The van der Waals surface area contributed by atoms with Crippen LogP contribution in [-0.4, -0.2) is 29.6 Å². The monoisotopic (exact) mass is 497 g/mol. The summed E-state index contributed by atoms with van der Waals surface area (Å²) in [6.07, 6.45) is 3.57. The lowest BCUT2D eigenvalue weighted by molar-refractivity contribution is 0.466. The molecule has 3 aromatic rings. The summed E-state index contributed by atoms with van der Waals surface area (Å²) in [5.41, 5.74) is 1.97. The molecule has 0 amide bonds. The smallest absolute Gasteiger partial charge is 0.244 e. The Balaban J connectivity index is 1.75. The van der Waals surface area contributed by atoms with Crippen molar-refractivity contribution in [2.24, 2.45) is 0 Å². The van der Waals surface area contributed by atoms with Crippen molar-refractivity contribution >= 4 is 41.9 Å². The number of hydrogen-bond acceptors (Lipinski definition) is 3. The van der Waals surface area contributed by atoms with Crippen LogP contribution < -0.4 is 0 Å². The van der Waals surface area contributed by atoms with Gasteiger partial charge in [-0.1, -0.05) is 46.3 Å². The largest absolute Gasteiger partial charge is 0.268 e. The van der Waals surface area contributed by atoms with Gasteiger partial charge in [0.15, 0.2) is 0 Å². The summed E-state index contributed by atoms with van der Waals surface area (Å²) in [6.45, 7) is 0.893. The second kappa shape index (κ2) is 8.04. The van der Waals surface area contributed by atoms with Gasteiger partial charge in [-0.15, -0.1) is 0 Å². The van der Waals surface area contributed by atoms with Gasteiger partial charge in [0.25, 0.3) is 0 Å². The summed E-state index contributed by atoms with van der Waals surface area (Å²) >= 11 is 6.64. The Labute approximate surface area is 170 Å². The molecule has 5 nitrogen and oxygen atoms in total. The molecule has 0 aliphatic heterocycles. The Morgan fingerprint density at radius 1 is 1.08 bits per heavy atom. The standard InChI is InChI=1S/C18H17Br2N3O2S/c1-22(26(24,25)18-9-16(19)7-8-17(18)20)11-15-10-21-23(13-15)12-14-5-3-2-4-6-14/h2-10,13H,11-12H2,1H3. The molecule has 0 N–H and O–H groups in total. The number of sulfonamides is 1. The Hall–Kier alpha value is -1.48. The zero-order chi connectivity index (χ0) is 18.7. The average Bonchev–Trinajstić information content (AvgIpc) is 3.04. The lowest BCUT2D eigenvalue weighted by Crippen LogP contribution is -2.26. The van der Waals surface area contributed by atoms with Crippen molar-refractivity contribution in [2.75, 3.05) is 7.05 Å². The SMILES string of the molecule is CN(Cc1cnn(Cc2ccccc2)c1)S(=O)(=O)c1cc(Br)ccc1Br. The summed E-state index contributed by atoms with van der Waals surface area (Å²) in [5.74, 6) is 0. The normalized spacial score (nSPS) is 11.8. The quantitative estimate of drug-likeness (QED) is 0.509. The van der Waals surface area contributed by atoms with Crippen molar-refractivity contribution in [2.45, 2.75) is 18.0 Å². The summed E-state index contributed by atoms with van der Waals surface area (Å²) in [6, 6.07) is 15.1. The van der Waals surface area contributed by atoms with Crippen molar-refractivity contribution in [3.63, 3.8) is 0 Å². The maximum atomic E-state index is 12.9. The molecule has 0 bridgehead atoms. The van der Waals surface area contributed by atoms with Gasteiger partial charge in [-0.2, -0.15) is 9.40 Å². The molecule has 136 valence electrons. The molecular weight excluding hydrogens is 482 g/mol. The second-order valence-electron chi connectivity index (χ2n) is 5.87. The number of benzene rings is 2. The van der Waals surface area contributed by atoms with Crippen LogP contribution >= 0.6 is 31.9 Å². The van der Waals surface area contributed by atoms with E-state index in [0.717, 1.165) is 11.1 Å². The average molecular weight is 499 g/mol. The van der Waals surface area contributed by atoms with Gasteiger partial charge >= 0.3 is 0 Å². The zero-order valence-corrected chi connectivity index (χ0v) is 18.0. The predicted octanol–water partition coefficient (Wildman–Crippen LogP) is 4.28. The van der Waals surface area contributed by atoms with Crippen LogP contribution in [0.2, 0.25) is 0 Å². The molecule has 1 aromatic heterocycles. The lowest BCUT2D eigenvalue weighted by Gasteiger charge is -2.17. The number of rotatable bonds is 6. The maximum absolute atomic E-state index is 12.9. The summed E-state index contributed by atoms with van der Waals surface area (Å²) in [4.78, 5) is 0.228. The number of aromatic nitrogens is 2. The van der Waals surface area contributed by atoms with Crippen molar-refractivity contribution in [1.82, 2.24) is 14.1 Å². The van der Waals surface area contributed by atoms with Gasteiger partial charge in [-0.25, -0.2) is 8.42 Å². The van der Waals surface area contributed by atoms with Gasteiger partial charge < -0.3 is 0 Å². The van der Waals surface area contributed by atoms with E-state index in [0.29, 0.717) is 15.5 Å². The van der Waals surface area contributed by atoms with E-state index in [1.165, 1.54) is 4.31 Å². The lowest BCUT2D eigenvalue weighted by atomic mass is 10.2. The van der Waals surface area contributed by atoms with Crippen LogP contribution in [0, 0.1) is 0 Å². The fourth-order valence-electron chi connectivity index (χ4n) is 2.53. The Morgan fingerprint density at radius 3 is 2.54 bits per heavy atom. The van der Waals surface area contributed by atoms with Gasteiger partial charge in [0.2, 0.25) is 10.0 Å². The minimum atomic E-state index is -3.62. The van der Waals surface area contributed by atoms with Crippen LogP contribution in [0.1, 0.15) is 11.1 Å². The van der Waals surface area contributed by atoms with Gasteiger partial charge in [0.1, 0.15) is 0 Å². The fraction of sp³-hybridized carbons (Fsp3) is 0.167. The molecule has 26 heavy (non-hydrogen) atoms. The molecule has 0 aliphatic rings. The van der Waals surface area contributed by atoms with Crippen molar-refractivity contribution in [1.29, 1.82) is 0 Å². The summed E-state index contributed by atoms with van der Waals surface area (Å²) in [5, 5.41) is 4.33. The number of halogens is 2. The highest BCUT2D eigenvalue weighted by Gasteiger charge is 2.24. The van der Waals surface area contributed by atoms with Gasteiger partial charge in [0.05, 0.1) is 17.6 Å². The van der Waals surface area contributed by atoms with E-state index >= 15 is 0 Å². The molecule has 0 radical (unpaired) electrons. The van der Waals surface area contributed by atoms with E-state index in [2.05, 4.69) is 37.0 Å². The zero-order valence-electron chi connectivity index (χ0n) is 14.0. The van der Waals surface area contributed by atoms with E-state index in [9.17, 15) is 8.42 Å². The molecule has 8 heteroatoms. The molecule has 0 spiro atoms.